The van der Waals surface area contributed by atoms with Gasteiger partial charge in [0.15, 0.2) is 5.78 Å². The minimum absolute atomic E-state index is 0.0106. The van der Waals surface area contributed by atoms with E-state index in [1.807, 2.05) is 68.4 Å². The summed E-state index contributed by atoms with van der Waals surface area (Å²) in [7, 11) is 0. The molecule has 0 aliphatic carbocycles. The normalized spacial score (nSPS) is 16.6. The molecule has 1 atom stereocenters. The number of para-hydroxylation sites is 2. The minimum atomic E-state index is -0.203. The van der Waals surface area contributed by atoms with Gasteiger partial charge in [-0.15, -0.1) is 0 Å². The molecule has 2 heterocycles. The number of carbonyl (C=O) groups is 2. The molecular weight excluding hydrogens is 362 g/mol. The topological polar surface area (TPSA) is 65.2 Å². The number of piperidine rings is 1. The van der Waals surface area contributed by atoms with Crippen molar-refractivity contribution >= 4 is 28.3 Å². The number of fused-ring (bicyclic) bond motifs is 1. The molecule has 4 rings (SSSR count). The zero-order chi connectivity index (χ0) is 20.4. The van der Waals surface area contributed by atoms with Crippen molar-refractivity contribution in [2.75, 3.05) is 18.4 Å². The smallest absolute Gasteiger partial charge is 0.227 e. The van der Waals surface area contributed by atoms with E-state index in [2.05, 4.69) is 15.2 Å². The second-order valence-electron chi connectivity index (χ2n) is 7.88. The van der Waals surface area contributed by atoms with E-state index < -0.39 is 0 Å². The lowest BCUT2D eigenvalue weighted by Crippen LogP contribution is -2.45. The number of Topliss-reactive ketones (excluding diaryl/α,β-unsaturated/α-hetero) is 1. The summed E-state index contributed by atoms with van der Waals surface area (Å²) in [6.07, 6.45) is 1.53. The molecule has 150 valence electrons. The van der Waals surface area contributed by atoms with Gasteiger partial charge in [-0.05, 0) is 58.0 Å². The van der Waals surface area contributed by atoms with E-state index in [-0.39, 0.29) is 23.7 Å². The van der Waals surface area contributed by atoms with Gasteiger partial charge in [-0.25, -0.2) is 0 Å². The number of hydrogen-bond donors (Lipinski definition) is 2. The van der Waals surface area contributed by atoms with Gasteiger partial charge in [0.1, 0.15) is 0 Å². The number of aromatic nitrogens is 1. The predicted molar refractivity (Wildman–Crippen MR) is 116 cm³/mol. The highest BCUT2D eigenvalue weighted by atomic mass is 16.2. The maximum Gasteiger partial charge on any atom is 0.227 e. The number of aryl methyl sites for hydroxylation is 1. The summed E-state index contributed by atoms with van der Waals surface area (Å²) in [5.74, 6) is 0.207. The van der Waals surface area contributed by atoms with Gasteiger partial charge in [0.25, 0.3) is 0 Å². The SMILES string of the molecule is Cc1[nH]c2ccccc2c1C(=O)[C@H](C)N1CCC(C(=O)Nc2ccccc2)CC1. The molecule has 1 aliphatic rings. The predicted octanol–water partition coefficient (Wildman–Crippen LogP) is 4.40. The molecule has 3 aromatic rings. The monoisotopic (exact) mass is 389 g/mol. The molecule has 1 saturated heterocycles. The van der Waals surface area contributed by atoms with Crippen molar-refractivity contribution in [3.05, 3.63) is 65.9 Å². The maximum absolute atomic E-state index is 13.3. The fourth-order valence-electron chi connectivity index (χ4n) is 4.28. The molecule has 1 amide bonds. The molecule has 1 aliphatic heterocycles. The molecule has 0 saturated carbocycles. The van der Waals surface area contributed by atoms with Crippen LogP contribution in [0.4, 0.5) is 5.69 Å². The van der Waals surface area contributed by atoms with Gasteiger partial charge in [-0.1, -0.05) is 36.4 Å². The number of nitrogens with one attached hydrogen (secondary N) is 2. The average Bonchev–Trinajstić information content (AvgIpc) is 3.09. The molecule has 0 spiro atoms. The number of likely N-dealkylation sites (tertiary alicyclic amines) is 1. The average molecular weight is 389 g/mol. The van der Waals surface area contributed by atoms with Crippen molar-refractivity contribution in [1.29, 1.82) is 0 Å². The van der Waals surface area contributed by atoms with Gasteiger partial charge in [0.05, 0.1) is 6.04 Å². The summed E-state index contributed by atoms with van der Waals surface area (Å²) in [6.45, 7) is 5.44. The first-order valence-electron chi connectivity index (χ1n) is 10.3. The van der Waals surface area contributed by atoms with Gasteiger partial charge in [0.2, 0.25) is 5.91 Å². The molecule has 2 N–H and O–H groups in total. The van der Waals surface area contributed by atoms with Gasteiger partial charge in [-0.2, -0.15) is 0 Å². The number of ketones is 1. The standard InChI is InChI=1S/C24H27N3O2/c1-16-22(20-10-6-7-11-21(20)25-16)23(28)17(2)27-14-12-18(13-15-27)24(29)26-19-8-4-3-5-9-19/h3-11,17-18,25H,12-15H2,1-2H3,(H,26,29)/t17-/m0/s1. The highest BCUT2D eigenvalue weighted by molar-refractivity contribution is 6.11. The third kappa shape index (κ3) is 3.96. The molecule has 1 aromatic heterocycles. The van der Waals surface area contributed by atoms with Crippen molar-refractivity contribution in [2.45, 2.75) is 32.7 Å². The number of hydrogen-bond acceptors (Lipinski definition) is 3. The van der Waals surface area contributed by atoms with Crippen LogP contribution in [0.1, 0.15) is 35.8 Å². The Morgan fingerprint density at radius 3 is 2.41 bits per heavy atom. The van der Waals surface area contributed by atoms with Crippen LogP contribution in [0.2, 0.25) is 0 Å². The highest BCUT2D eigenvalue weighted by Crippen LogP contribution is 2.26. The Bertz CT molecular complexity index is 1020. The van der Waals surface area contributed by atoms with Gasteiger partial charge < -0.3 is 10.3 Å². The molecular formula is C24H27N3O2. The summed E-state index contributed by atoms with van der Waals surface area (Å²) >= 11 is 0. The number of benzene rings is 2. The first-order valence-corrected chi connectivity index (χ1v) is 10.3. The third-order valence-electron chi connectivity index (χ3n) is 6.01. The summed E-state index contributed by atoms with van der Waals surface area (Å²) in [5, 5.41) is 3.99. The number of carbonyl (C=O) groups excluding carboxylic acids is 2. The Hall–Kier alpha value is -2.92. The first-order chi connectivity index (χ1) is 14.0. The number of H-pyrrole nitrogens is 1. The molecule has 5 nitrogen and oxygen atoms in total. The van der Waals surface area contributed by atoms with E-state index in [9.17, 15) is 9.59 Å². The number of nitrogens with zero attached hydrogens (tertiary/aromatic N) is 1. The van der Waals surface area contributed by atoms with E-state index in [0.29, 0.717) is 0 Å². The fraction of sp³-hybridized carbons (Fsp3) is 0.333. The van der Waals surface area contributed by atoms with Crippen molar-refractivity contribution in [3.8, 4) is 0 Å². The minimum Gasteiger partial charge on any atom is -0.358 e. The van der Waals surface area contributed by atoms with Crippen LogP contribution in [-0.2, 0) is 4.79 Å². The number of aromatic amines is 1. The van der Waals surface area contributed by atoms with Crippen LogP contribution < -0.4 is 5.32 Å². The molecule has 2 aromatic carbocycles. The molecule has 5 heteroatoms. The molecule has 1 fully saturated rings. The molecule has 0 radical (unpaired) electrons. The lowest BCUT2D eigenvalue weighted by Gasteiger charge is -2.34. The van der Waals surface area contributed by atoms with Crippen LogP contribution in [0.15, 0.2) is 54.6 Å². The lowest BCUT2D eigenvalue weighted by molar-refractivity contribution is -0.121. The van der Waals surface area contributed by atoms with Gasteiger partial charge in [-0.3, -0.25) is 14.5 Å². The van der Waals surface area contributed by atoms with Crippen molar-refractivity contribution < 1.29 is 9.59 Å². The molecule has 29 heavy (non-hydrogen) atoms. The van der Waals surface area contributed by atoms with Crippen LogP contribution in [0, 0.1) is 12.8 Å². The largest absolute Gasteiger partial charge is 0.358 e. The number of amides is 1. The van der Waals surface area contributed by atoms with E-state index >= 15 is 0 Å². The first kappa shape index (κ1) is 19.4. The fourth-order valence-corrected chi connectivity index (χ4v) is 4.28. The molecule has 0 unspecified atom stereocenters. The lowest BCUT2D eigenvalue weighted by atomic mass is 9.93. The van der Waals surface area contributed by atoms with E-state index in [0.717, 1.165) is 53.8 Å². The zero-order valence-corrected chi connectivity index (χ0v) is 16.9. The van der Waals surface area contributed by atoms with Gasteiger partial charge in [0, 0.05) is 33.8 Å². The van der Waals surface area contributed by atoms with Crippen LogP contribution in [0.5, 0.6) is 0 Å². The zero-order valence-electron chi connectivity index (χ0n) is 16.9. The second-order valence-corrected chi connectivity index (χ2v) is 7.88. The summed E-state index contributed by atoms with van der Waals surface area (Å²) < 4.78 is 0. The van der Waals surface area contributed by atoms with E-state index in [1.54, 1.807) is 0 Å². The third-order valence-corrected chi connectivity index (χ3v) is 6.01. The van der Waals surface area contributed by atoms with Crippen LogP contribution >= 0.6 is 0 Å². The Morgan fingerprint density at radius 1 is 1.03 bits per heavy atom. The summed E-state index contributed by atoms with van der Waals surface area (Å²) in [6, 6.07) is 17.3. The van der Waals surface area contributed by atoms with Crippen LogP contribution in [0.25, 0.3) is 10.9 Å². The highest BCUT2D eigenvalue weighted by Gasteiger charge is 2.31. The summed E-state index contributed by atoms with van der Waals surface area (Å²) in [4.78, 5) is 31.3. The Balaban J connectivity index is 1.39. The van der Waals surface area contributed by atoms with E-state index in [1.165, 1.54) is 0 Å². The molecule has 0 bridgehead atoms. The van der Waals surface area contributed by atoms with Crippen molar-refractivity contribution in [1.82, 2.24) is 9.88 Å². The Kier molecular flexibility index (Phi) is 5.49. The van der Waals surface area contributed by atoms with Crippen LogP contribution in [0.3, 0.4) is 0 Å². The van der Waals surface area contributed by atoms with Gasteiger partial charge >= 0.3 is 0 Å². The van der Waals surface area contributed by atoms with Crippen molar-refractivity contribution in [3.63, 3.8) is 0 Å². The number of anilines is 1. The quantitative estimate of drug-likeness (QED) is 0.636. The Labute approximate surface area is 171 Å². The van der Waals surface area contributed by atoms with E-state index in [4.69, 9.17) is 0 Å². The Morgan fingerprint density at radius 2 is 1.69 bits per heavy atom. The number of rotatable bonds is 5. The maximum atomic E-state index is 13.3. The van der Waals surface area contributed by atoms with Crippen molar-refractivity contribution in [2.24, 2.45) is 5.92 Å². The second kappa shape index (κ2) is 8.21. The summed E-state index contributed by atoms with van der Waals surface area (Å²) in [5.41, 5.74) is 3.53. The van der Waals surface area contributed by atoms with Crippen LogP contribution in [-0.4, -0.2) is 40.7 Å².